The van der Waals surface area contributed by atoms with Gasteiger partial charge in [0.25, 0.3) is 0 Å². The number of hydrogen-bond acceptors (Lipinski definition) is 2. The summed E-state index contributed by atoms with van der Waals surface area (Å²) in [6, 6.07) is 13.8. The SMILES string of the molecule is CN=C(NCCn1cccc1)NCc1ccc(CN2CCCCC2C)cc1.I. The molecular weight excluding hydrogens is 461 g/mol. The highest BCUT2D eigenvalue weighted by atomic mass is 127. The number of likely N-dealkylation sites (tertiary alicyclic amines) is 1. The summed E-state index contributed by atoms with van der Waals surface area (Å²) in [5.74, 6) is 0.841. The molecule has 2 aromatic rings. The average molecular weight is 495 g/mol. The summed E-state index contributed by atoms with van der Waals surface area (Å²) < 4.78 is 2.15. The largest absolute Gasteiger partial charge is 0.355 e. The first-order valence-electron chi connectivity index (χ1n) is 10.1. The number of nitrogens with zero attached hydrogens (tertiary/aromatic N) is 3. The van der Waals surface area contributed by atoms with Crippen molar-refractivity contribution in [3.63, 3.8) is 0 Å². The standard InChI is InChI=1S/C22H33N5.HI/c1-19-7-3-4-15-27(19)18-21-10-8-20(9-11-21)17-25-22(23-2)24-12-16-26-13-5-6-14-26;/h5-6,8-11,13-14,19H,3-4,7,12,15-18H2,1-2H3,(H2,23,24,25);1H. The number of benzene rings is 1. The van der Waals surface area contributed by atoms with Crippen molar-refractivity contribution < 1.29 is 0 Å². The Bertz CT molecular complexity index is 696. The molecule has 1 aliphatic rings. The number of aromatic nitrogens is 1. The lowest BCUT2D eigenvalue weighted by Crippen LogP contribution is -2.38. The number of rotatable bonds is 7. The van der Waals surface area contributed by atoms with E-state index in [4.69, 9.17) is 0 Å². The molecule has 0 amide bonds. The van der Waals surface area contributed by atoms with Gasteiger partial charge < -0.3 is 15.2 Å². The molecule has 1 fully saturated rings. The Morgan fingerprint density at radius 1 is 1.07 bits per heavy atom. The van der Waals surface area contributed by atoms with Crippen molar-refractivity contribution in [3.05, 3.63) is 59.9 Å². The van der Waals surface area contributed by atoms with Crippen molar-refractivity contribution in [2.75, 3.05) is 20.1 Å². The molecule has 1 unspecified atom stereocenters. The summed E-state index contributed by atoms with van der Waals surface area (Å²) in [5.41, 5.74) is 2.68. The van der Waals surface area contributed by atoms with Crippen molar-refractivity contribution in [2.45, 2.75) is 51.9 Å². The van der Waals surface area contributed by atoms with Crippen molar-refractivity contribution in [2.24, 2.45) is 4.99 Å². The zero-order valence-electron chi connectivity index (χ0n) is 17.1. The monoisotopic (exact) mass is 495 g/mol. The average Bonchev–Trinajstić information content (AvgIpc) is 3.21. The Morgan fingerprint density at radius 3 is 2.46 bits per heavy atom. The Hall–Kier alpha value is -1.54. The molecule has 1 aromatic heterocycles. The second-order valence-corrected chi connectivity index (χ2v) is 7.41. The number of piperidine rings is 1. The fourth-order valence-electron chi connectivity index (χ4n) is 3.62. The second kappa shape index (κ2) is 12.1. The quantitative estimate of drug-likeness (QED) is 0.349. The van der Waals surface area contributed by atoms with E-state index in [1.54, 1.807) is 0 Å². The smallest absolute Gasteiger partial charge is 0.191 e. The molecule has 1 aromatic carbocycles. The van der Waals surface area contributed by atoms with Crippen molar-refractivity contribution >= 4 is 29.9 Å². The fraction of sp³-hybridized carbons (Fsp3) is 0.500. The number of guanidine groups is 1. The summed E-state index contributed by atoms with van der Waals surface area (Å²) >= 11 is 0. The highest BCUT2D eigenvalue weighted by Gasteiger charge is 2.17. The molecule has 2 N–H and O–H groups in total. The molecule has 0 aliphatic carbocycles. The van der Waals surface area contributed by atoms with Crippen molar-refractivity contribution in [1.82, 2.24) is 20.1 Å². The summed E-state index contributed by atoms with van der Waals surface area (Å²) in [6.45, 7) is 7.21. The van der Waals surface area contributed by atoms with Gasteiger partial charge in [-0.2, -0.15) is 0 Å². The minimum Gasteiger partial charge on any atom is -0.355 e. The van der Waals surface area contributed by atoms with Crippen molar-refractivity contribution in [3.8, 4) is 0 Å². The van der Waals surface area contributed by atoms with E-state index in [1.165, 1.54) is 36.9 Å². The van der Waals surface area contributed by atoms with Crippen LogP contribution in [-0.4, -0.2) is 41.6 Å². The molecule has 3 rings (SSSR count). The van der Waals surface area contributed by atoms with Crippen LogP contribution < -0.4 is 10.6 Å². The lowest BCUT2D eigenvalue weighted by molar-refractivity contribution is 0.152. The first-order chi connectivity index (χ1) is 13.2. The van der Waals surface area contributed by atoms with E-state index < -0.39 is 0 Å². The fourth-order valence-corrected chi connectivity index (χ4v) is 3.62. The van der Waals surface area contributed by atoms with Gasteiger partial charge in [-0.1, -0.05) is 30.7 Å². The molecule has 0 spiro atoms. The summed E-state index contributed by atoms with van der Waals surface area (Å²) in [6.07, 6.45) is 8.19. The van der Waals surface area contributed by atoms with Crippen molar-refractivity contribution in [1.29, 1.82) is 0 Å². The van der Waals surface area contributed by atoms with Gasteiger partial charge in [0.05, 0.1) is 0 Å². The van der Waals surface area contributed by atoms with Crippen LogP contribution in [0.1, 0.15) is 37.3 Å². The van der Waals surface area contributed by atoms with Crippen LogP contribution in [0.25, 0.3) is 0 Å². The molecule has 0 saturated carbocycles. The minimum absolute atomic E-state index is 0. The Balaban J connectivity index is 0.00000280. The molecule has 1 atom stereocenters. The third kappa shape index (κ3) is 7.13. The molecule has 5 nitrogen and oxygen atoms in total. The summed E-state index contributed by atoms with van der Waals surface area (Å²) in [4.78, 5) is 6.91. The Morgan fingerprint density at radius 2 is 1.79 bits per heavy atom. The van der Waals surface area contributed by atoms with Crippen LogP contribution in [0.5, 0.6) is 0 Å². The lowest BCUT2D eigenvalue weighted by Gasteiger charge is -2.33. The van der Waals surface area contributed by atoms with Gasteiger partial charge in [0.15, 0.2) is 5.96 Å². The van der Waals surface area contributed by atoms with Gasteiger partial charge in [0.2, 0.25) is 0 Å². The highest BCUT2D eigenvalue weighted by molar-refractivity contribution is 14.0. The zero-order valence-corrected chi connectivity index (χ0v) is 19.4. The second-order valence-electron chi connectivity index (χ2n) is 7.41. The third-order valence-corrected chi connectivity index (χ3v) is 5.36. The van der Waals surface area contributed by atoms with E-state index in [9.17, 15) is 0 Å². The van der Waals surface area contributed by atoms with Gasteiger partial charge in [0, 0.05) is 51.7 Å². The molecule has 2 heterocycles. The maximum atomic E-state index is 4.30. The van der Waals surface area contributed by atoms with Crippen LogP contribution in [0, 0.1) is 0 Å². The minimum atomic E-state index is 0. The maximum Gasteiger partial charge on any atom is 0.191 e. The zero-order chi connectivity index (χ0) is 18.9. The van der Waals surface area contributed by atoms with E-state index in [-0.39, 0.29) is 24.0 Å². The molecule has 1 aliphatic heterocycles. The van der Waals surface area contributed by atoms with Gasteiger partial charge >= 0.3 is 0 Å². The van der Waals surface area contributed by atoms with Gasteiger partial charge in [-0.3, -0.25) is 9.89 Å². The molecule has 0 bridgehead atoms. The third-order valence-electron chi connectivity index (χ3n) is 5.36. The topological polar surface area (TPSA) is 44.6 Å². The van der Waals surface area contributed by atoms with Gasteiger partial charge in [-0.05, 0) is 49.6 Å². The first-order valence-corrected chi connectivity index (χ1v) is 10.1. The number of aliphatic imine (C=N–C) groups is 1. The predicted octanol–water partition coefficient (Wildman–Crippen LogP) is 3.85. The first kappa shape index (κ1) is 22.7. The molecule has 1 saturated heterocycles. The Kier molecular flexibility index (Phi) is 9.84. The van der Waals surface area contributed by atoms with Gasteiger partial charge in [0.1, 0.15) is 0 Å². The number of halogens is 1. The Labute approximate surface area is 186 Å². The lowest BCUT2D eigenvalue weighted by atomic mass is 10.0. The van der Waals surface area contributed by atoms with E-state index in [2.05, 4.69) is 68.7 Å². The highest BCUT2D eigenvalue weighted by Crippen LogP contribution is 2.19. The van der Waals surface area contributed by atoms with E-state index in [0.29, 0.717) is 6.04 Å². The van der Waals surface area contributed by atoms with Crippen LogP contribution in [0.3, 0.4) is 0 Å². The van der Waals surface area contributed by atoms with E-state index in [1.807, 2.05) is 19.2 Å². The van der Waals surface area contributed by atoms with Crippen LogP contribution in [0.4, 0.5) is 0 Å². The van der Waals surface area contributed by atoms with Crippen LogP contribution >= 0.6 is 24.0 Å². The molecule has 6 heteroatoms. The maximum absolute atomic E-state index is 4.30. The molecule has 154 valence electrons. The van der Waals surface area contributed by atoms with E-state index >= 15 is 0 Å². The normalized spacial score (nSPS) is 17.8. The molecule has 0 radical (unpaired) electrons. The van der Waals surface area contributed by atoms with Gasteiger partial charge in [-0.15, -0.1) is 24.0 Å². The molecular formula is C22H34IN5. The number of nitrogens with one attached hydrogen (secondary N) is 2. The van der Waals surface area contributed by atoms with Gasteiger partial charge in [-0.25, -0.2) is 0 Å². The predicted molar refractivity (Wildman–Crippen MR) is 128 cm³/mol. The van der Waals surface area contributed by atoms with Crippen LogP contribution in [0.15, 0.2) is 53.8 Å². The van der Waals surface area contributed by atoms with Crippen LogP contribution in [-0.2, 0) is 19.6 Å². The summed E-state index contributed by atoms with van der Waals surface area (Å²) in [7, 11) is 1.81. The summed E-state index contributed by atoms with van der Waals surface area (Å²) in [5, 5.41) is 6.75. The van der Waals surface area contributed by atoms with Crippen LogP contribution in [0.2, 0.25) is 0 Å². The number of hydrogen-bond donors (Lipinski definition) is 2. The molecule has 28 heavy (non-hydrogen) atoms. The van der Waals surface area contributed by atoms with E-state index in [0.717, 1.165) is 32.1 Å².